The Morgan fingerprint density at radius 3 is 2.87 bits per heavy atom. The Bertz CT molecular complexity index is 383. The van der Waals surface area contributed by atoms with Crippen LogP contribution in [-0.4, -0.2) is 27.2 Å². The average molecular weight is 208 g/mol. The van der Waals surface area contributed by atoms with Gasteiger partial charge in [-0.15, -0.1) is 0 Å². The Morgan fingerprint density at radius 1 is 1.73 bits per heavy atom. The van der Waals surface area contributed by atoms with Gasteiger partial charge in [-0.1, -0.05) is 13.8 Å². The second-order valence-electron chi connectivity index (χ2n) is 4.81. The Hall–Kier alpha value is -1.39. The number of nitrogens with zero attached hydrogens (tertiary/aromatic N) is 3. The fourth-order valence-electron chi connectivity index (χ4n) is 1.72. The number of hydrogen-bond donors (Lipinski definition) is 1. The highest BCUT2D eigenvalue weighted by Crippen LogP contribution is 2.50. The summed E-state index contributed by atoms with van der Waals surface area (Å²) in [6, 6.07) is 0. The van der Waals surface area contributed by atoms with E-state index in [0.717, 1.165) is 6.54 Å². The third-order valence-corrected chi connectivity index (χ3v) is 3.14. The molecule has 1 saturated carbocycles. The number of carbonyl (C=O) groups excluding carboxylic acids is 1. The smallest absolute Gasteiger partial charge is 0.288 e. The Kier molecular flexibility index (Phi) is 2.25. The molecule has 1 aromatic heterocycles. The first-order valence-corrected chi connectivity index (χ1v) is 5.13. The molecule has 2 rings (SSSR count). The zero-order chi connectivity index (χ0) is 11.1. The lowest BCUT2D eigenvalue weighted by Gasteiger charge is -2.05. The average Bonchev–Trinajstić information content (AvgIpc) is 2.58. The third kappa shape index (κ3) is 2.00. The molecule has 0 aliphatic heterocycles. The van der Waals surface area contributed by atoms with E-state index in [1.54, 1.807) is 7.05 Å². The first kappa shape index (κ1) is 10.1. The summed E-state index contributed by atoms with van der Waals surface area (Å²) in [6.45, 7) is 5.16. The summed E-state index contributed by atoms with van der Waals surface area (Å²) in [5.74, 6) is 0.834. The molecule has 5 nitrogen and oxygen atoms in total. The standard InChI is InChI=1S/C10H16N4O/c1-10(2)4-7(10)5-11-9(15)8-12-6-13-14(8)3/h6-7H,4-5H2,1-3H3,(H,11,15). The molecule has 0 aromatic carbocycles. The van der Waals surface area contributed by atoms with Crippen LogP contribution in [0.25, 0.3) is 0 Å². The van der Waals surface area contributed by atoms with E-state index < -0.39 is 0 Å². The number of amides is 1. The molecular weight excluding hydrogens is 192 g/mol. The molecule has 82 valence electrons. The van der Waals surface area contributed by atoms with Crippen molar-refractivity contribution in [2.45, 2.75) is 20.3 Å². The Labute approximate surface area is 88.9 Å². The van der Waals surface area contributed by atoms with E-state index in [9.17, 15) is 4.79 Å². The molecule has 1 aliphatic rings. The molecule has 1 aliphatic carbocycles. The zero-order valence-electron chi connectivity index (χ0n) is 9.32. The molecule has 1 fully saturated rings. The highest BCUT2D eigenvalue weighted by Gasteiger charge is 2.45. The van der Waals surface area contributed by atoms with E-state index in [4.69, 9.17) is 0 Å². The molecule has 0 spiro atoms. The topological polar surface area (TPSA) is 59.8 Å². The number of nitrogens with one attached hydrogen (secondary N) is 1. The summed E-state index contributed by atoms with van der Waals surface area (Å²) >= 11 is 0. The second kappa shape index (κ2) is 3.32. The number of aryl methyl sites for hydroxylation is 1. The fraction of sp³-hybridized carbons (Fsp3) is 0.700. The predicted octanol–water partition coefficient (Wildman–Crippen LogP) is 0.591. The molecular formula is C10H16N4O. The summed E-state index contributed by atoms with van der Waals surface area (Å²) in [6.07, 6.45) is 2.57. The van der Waals surface area contributed by atoms with Crippen LogP contribution in [0.5, 0.6) is 0 Å². The van der Waals surface area contributed by atoms with E-state index in [1.165, 1.54) is 17.4 Å². The van der Waals surface area contributed by atoms with Crippen molar-refractivity contribution in [2.75, 3.05) is 6.54 Å². The van der Waals surface area contributed by atoms with Crippen molar-refractivity contribution in [2.24, 2.45) is 18.4 Å². The van der Waals surface area contributed by atoms with Crippen molar-refractivity contribution in [1.29, 1.82) is 0 Å². The quantitative estimate of drug-likeness (QED) is 0.791. The maximum atomic E-state index is 11.6. The predicted molar refractivity (Wildman–Crippen MR) is 55.2 cm³/mol. The maximum absolute atomic E-state index is 11.6. The third-order valence-electron chi connectivity index (χ3n) is 3.14. The summed E-state index contributed by atoms with van der Waals surface area (Å²) in [7, 11) is 1.71. The van der Waals surface area contributed by atoms with Gasteiger partial charge in [0.2, 0.25) is 5.82 Å². The van der Waals surface area contributed by atoms with E-state index in [-0.39, 0.29) is 5.91 Å². The van der Waals surface area contributed by atoms with Crippen LogP contribution in [0.1, 0.15) is 30.9 Å². The van der Waals surface area contributed by atoms with Crippen LogP contribution in [0.15, 0.2) is 6.33 Å². The number of hydrogen-bond acceptors (Lipinski definition) is 3. The van der Waals surface area contributed by atoms with Crippen LogP contribution in [0, 0.1) is 11.3 Å². The fourth-order valence-corrected chi connectivity index (χ4v) is 1.72. The molecule has 15 heavy (non-hydrogen) atoms. The second-order valence-corrected chi connectivity index (χ2v) is 4.81. The van der Waals surface area contributed by atoms with Gasteiger partial charge in [0.15, 0.2) is 0 Å². The van der Waals surface area contributed by atoms with Crippen molar-refractivity contribution < 1.29 is 4.79 Å². The van der Waals surface area contributed by atoms with Crippen LogP contribution < -0.4 is 5.32 Å². The van der Waals surface area contributed by atoms with Crippen molar-refractivity contribution in [3.05, 3.63) is 12.2 Å². The van der Waals surface area contributed by atoms with Gasteiger partial charge in [0.25, 0.3) is 5.91 Å². The lowest BCUT2D eigenvalue weighted by molar-refractivity contribution is 0.0936. The molecule has 1 atom stereocenters. The summed E-state index contributed by atoms with van der Waals surface area (Å²) < 4.78 is 1.48. The van der Waals surface area contributed by atoms with Crippen LogP contribution >= 0.6 is 0 Å². The van der Waals surface area contributed by atoms with Crippen molar-refractivity contribution in [3.8, 4) is 0 Å². The molecule has 5 heteroatoms. The zero-order valence-corrected chi connectivity index (χ0v) is 9.32. The van der Waals surface area contributed by atoms with Gasteiger partial charge >= 0.3 is 0 Å². The van der Waals surface area contributed by atoms with Gasteiger partial charge in [-0.3, -0.25) is 4.79 Å². The lowest BCUT2D eigenvalue weighted by Crippen LogP contribution is -2.29. The van der Waals surface area contributed by atoms with E-state index in [0.29, 0.717) is 17.2 Å². The monoisotopic (exact) mass is 208 g/mol. The molecule has 0 saturated heterocycles. The molecule has 1 N–H and O–H groups in total. The first-order valence-electron chi connectivity index (χ1n) is 5.13. The minimum Gasteiger partial charge on any atom is -0.349 e. The lowest BCUT2D eigenvalue weighted by atomic mass is 10.1. The van der Waals surface area contributed by atoms with Crippen LogP contribution in [-0.2, 0) is 7.05 Å². The number of carbonyl (C=O) groups is 1. The maximum Gasteiger partial charge on any atom is 0.288 e. The van der Waals surface area contributed by atoms with Gasteiger partial charge in [-0.05, 0) is 17.8 Å². The molecule has 1 heterocycles. The van der Waals surface area contributed by atoms with E-state index >= 15 is 0 Å². The molecule has 0 radical (unpaired) electrons. The van der Waals surface area contributed by atoms with Gasteiger partial charge in [0.05, 0.1) is 0 Å². The number of aromatic nitrogens is 3. The highest BCUT2D eigenvalue weighted by molar-refractivity contribution is 5.90. The highest BCUT2D eigenvalue weighted by atomic mass is 16.2. The molecule has 1 aromatic rings. The number of rotatable bonds is 3. The largest absolute Gasteiger partial charge is 0.349 e. The van der Waals surface area contributed by atoms with Gasteiger partial charge in [-0.25, -0.2) is 9.67 Å². The van der Waals surface area contributed by atoms with Gasteiger partial charge in [0.1, 0.15) is 6.33 Å². The van der Waals surface area contributed by atoms with Gasteiger partial charge in [0, 0.05) is 13.6 Å². The SMILES string of the molecule is Cn1ncnc1C(=O)NCC1CC1(C)C. The van der Waals surface area contributed by atoms with E-state index in [1.807, 2.05) is 0 Å². The summed E-state index contributed by atoms with van der Waals surface area (Å²) in [4.78, 5) is 15.5. The van der Waals surface area contributed by atoms with Crippen molar-refractivity contribution in [1.82, 2.24) is 20.1 Å². The molecule has 1 unspecified atom stereocenters. The van der Waals surface area contributed by atoms with Crippen LogP contribution in [0.3, 0.4) is 0 Å². The van der Waals surface area contributed by atoms with Crippen LogP contribution in [0.2, 0.25) is 0 Å². The van der Waals surface area contributed by atoms with Crippen molar-refractivity contribution in [3.63, 3.8) is 0 Å². The van der Waals surface area contributed by atoms with Crippen molar-refractivity contribution >= 4 is 5.91 Å². The van der Waals surface area contributed by atoms with Gasteiger partial charge < -0.3 is 5.32 Å². The minimum absolute atomic E-state index is 0.141. The Balaban J connectivity index is 1.86. The molecule has 1 amide bonds. The minimum atomic E-state index is -0.141. The summed E-state index contributed by atoms with van der Waals surface area (Å²) in [5.41, 5.74) is 0.396. The van der Waals surface area contributed by atoms with Gasteiger partial charge in [-0.2, -0.15) is 5.10 Å². The first-order chi connectivity index (χ1) is 7.00. The summed E-state index contributed by atoms with van der Waals surface area (Å²) in [5, 5.41) is 6.73. The van der Waals surface area contributed by atoms with E-state index in [2.05, 4.69) is 29.2 Å². The Morgan fingerprint density at radius 2 is 2.40 bits per heavy atom. The normalized spacial score (nSPS) is 22.5. The molecule has 0 bridgehead atoms. The van der Waals surface area contributed by atoms with Crippen LogP contribution in [0.4, 0.5) is 0 Å².